The van der Waals surface area contributed by atoms with Gasteiger partial charge in [-0.05, 0) is 36.3 Å². The lowest BCUT2D eigenvalue weighted by molar-refractivity contribution is -0.132. The Hall–Kier alpha value is -2.10. The summed E-state index contributed by atoms with van der Waals surface area (Å²) in [5, 5.41) is 8.46. The number of rotatable bonds is 3. The van der Waals surface area contributed by atoms with Gasteiger partial charge in [0.1, 0.15) is 5.75 Å². The molecule has 0 amide bonds. The maximum atomic E-state index is 10.8. The van der Waals surface area contributed by atoms with Crippen molar-refractivity contribution >= 4 is 18.0 Å². The van der Waals surface area contributed by atoms with Gasteiger partial charge in [-0.25, -0.2) is 4.79 Å². The number of aliphatic carboxylic acids is 1. The Morgan fingerprint density at radius 1 is 1.38 bits per heavy atom. The standard InChI is InChI=1S/C12H12O4/c1-8-7-10(4-6-12(14)15)3-5-11(8)16-9(2)13/h3-7H,1-2H3,(H,14,15)/b6-4+. The number of carbonyl (C=O) groups excluding carboxylic acids is 1. The highest BCUT2D eigenvalue weighted by Crippen LogP contribution is 2.19. The van der Waals surface area contributed by atoms with Crippen LogP contribution in [0.3, 0.4) is 0 Å². The van der Waals surface area contributed by atoms with Crippen LogP contribution >= 0.6 is 0 Å². The van der Waals surface area contributed by atoms with E-state index in [4.69, 9.17) is 9.84 Å². The molecule has 0 aliphatic rings. The molecular weight excluding hydrogens is 208 g/mol. The highest BCUT2D eigenvalue weighted by Gasteiger charge is 2.02. The second-order valence-electron chi connectivity index (χ2n) is 3.29. The smallest absolute Gasteiger partial charge is 0.328 e. The van der Waals surface area contributed by atoms with E-state index in [-0.39, 0.29) is 5.97 Å². The fourth-order valence-electron chi connectivity index (χ4n) is 1.21. The number of esters is 1. The van der Waals surface area contributed by atoms with Crippen molar-refractivity contribution in [2.45, 2.75) is 13.8 Å². The molecule has 0 spiro atoms. The molecule has 0 heterocycles. The number of carboxylic acid groups (broad SMARTS) is 1. The molecule has 16 heavy (non-hydrogen) atoms. The summed E-state index contributed by atoms with van der Waals surface area (Å²) in [6.45, 7) is 3.12. The lowest BCUT2D eigenvalue weighted by atomic mass is 10.1. The number of benzene rings is 1. The average Bonchev–Trinajstić information content (AvgIpc) is 2.18. The summed E-state index contributed by atoms with van der Waals surface area (Å²) in [7, 11) is 0. The summed E-state index contributed by atoms with van der Waals surface area (Å²) in [5.41, 5.74) is 1.53. The second-order valence-corrected chi connectivity index (χ2v) is 3.29. The SMILES string of the molecule is CC(=O)Oc1ccc(/C=C/C(=O)O)cc1C. The lowest BCUT2D eigenvalue weighted by Crippen LogP contribution is -2.02. The maximum Gasteiger partial charge on any atom is 0.328 e. The molecule has 4 heteroatoms. The molecule has 0 bridgehead atoms. The predicted molar refractivity (Wildman–Crippen MR) is 59.2 cm³/mol. The first-order valence-electron chi connectivity index (χ1n) is 4.69. The third-order valence-corrected chi connectivity index (χ3v) is 1.87. The van der Waals surface area contributed by atoms with E-state index in [0.717, 1.165) is 17.2 Å². The van der Waals surface area contributed by atoms with E-state index in [1.54, 1.807) is 25.1 Å². The summed E-state index contributed by atoms with van der Waals surface area (Å²) >= 11 is 0. The fourth-order valence-corrected chi connectivity index (χ4v) is 1.21. The first-order chi connectivity index (χ1) is 7.49. The summed E-state index contributed by atoms with van der Waals surface area (Å²) in [4.78, 5) is 21.1. The van der Waals surface area contributed by atoms with Gasteiger partial charge < -0.3 is 9.84 Å². The van der Waals surface area contributed by atoms with E-state index in [2.05, 4.69) is 0 Å². The van der Waals surface area contributed by atoms with Crippen LogP contribution < -0.4 is 4.74 Å². The molecule has 1 aromatic rings. The zero-order valence-electron chi connectivity index (χ0n) is 9.06. The second kappa shape index (κ2) is 5.11. The van der Waals surface area contributed by atoms with Crippen LogP contribution in [0.15, 0.2) is 24.3 Å². The van der Waals surface area contributed by atoms with Crippen molar-refractivity contribution in [2.24, 2.45) is 0 Å². The molecule has 1 N–H and O–H groups in total. The molecule has 1 rings (SSSR count). The molecular formula is C12H12O4. The molecule has 0 atom stereocenters. The summed E-state index contributed by atoms with van der Waals surface area (Å²) < 4.78 is 4.95. The minimum Gasteiger partial charge on any atom is -0.478 e. The van der Waals surface area contributed by atoms with Gasteiger partial charge in [0, 0.05) is 13.0 Å². The highest BCUT2D eigenvalue weighted by molar-refractivity contribution is 5.85. The molecule has 0 fully saturated rings. The van der Waals surface area contributed by atoms with Crippen molar-refractivity contribution in [3.63, 3.8) is 0 Å². The quantitative estimate of drug-likeness (QED) is 0.481. The third-order valence-electron chi connectivity index (χ3n) is 1.87. The van der Waals surface area contributed by atoms with Gasteiger partial charge >= 0.3 is 11.9 Å². The molecule has 0 aromatic heterocycles. The number of ether oxygens (including phenoxy) is 1. The van der Waals surface area contributed by atoms with Crippen LogP contribution in [0.4, 0.5) is 0 Å². The molecule has 0 aliphatic carbocycles. The molecule has 0 unspecified atom stereocenters. The summed E-state index contributed by atoms with van der Waals surface area (Å²) in [6, 6.07) is 5.07. The van der Waals surface area contributed by atoms with E-state index in [1.807, 2.05) is 0 Å². The van der Waals surface area contributed by atoms with Gasteiger partial charge in [0.25, 0.3) is 0 Å². The van der Waals surface area contributed by atoms with Gasteiger partial charge in [-0.1, -0.05) is 6.07 Å². The van der Waals surface area contributed by atoms with Crippen molar-refractivity contribution in [1.82, 2.24) is 0 Å². The number of carbonyl (C=O) groups is 2. The summed E-state index contributed by atoms with van der Waals surface area (Å²) in [5.74, 6) is -0.890. The number of carboxylic acids is 1. The van der Waals surface area contributed by atoms with Crippen molar-refractivity contribution in [3.05, 3.63) is 35.4 Å². The zero-order valence-corrected chi connectivity index (χ0v) is 9.06. The Morgan fingerprint density at radius 2 is 2.06 bits per heavy atom. The predicted octanol–water partition coefficient (Wildman–Crippen LogP) is 2.02. The molecule has 0 aliphatic heterocycles. The van der Waals surface area contributed by atoms with Gasteiger partial charge in [0.2, 0.25) is 0 Å². The number of hydrogen-bond donors (Lipinski definition) is 1. The van der Waals surface area contributed by atoms with Crippen LogP contribution in [0.2, 0.25) is 0 Å². The fraction of sp³-hybridized carbons (Fsp3) is 0.167. The Bertz CT molecular complexity index is 446. The van der Waals surface area contributed by atoms with Gasteiger partial charge in [-0.3, -0.25) is 4.79 Å². The normalized spacial score (nSPS) is 10.4. The largest absolute Gasteiger partial charge is 0.478 e. The van der Waals surface area contributed by atoms with Crippen molar-refractivity contribution in [2.75, 3.05) is 0 Å². The maximum absolute atomic E-state index is 10.8. The third kappa shape index (κ3) is 3.57. The Balaban J connectivity index is 2.90. The van der Waals surface area contributed by atoms with E-state index >= 15 is 0 Å². The van der Waals surface area contributed by atoms with E-state index in [9.17, 15) is 9.59 Å². The molecule has 0 radical (unpaired) electrons. The van der Waals surface area contributed by atoms with Gasteiger partial charge in [-0.15, -0.1) is 0 Å². The van der Waals surface area contributed by atoms with E-state index in [0.29, 0.717) is 5.75 Å². The molecule has 4 nitrogen and oxygen atoms in total. The van der Waals surface area contributed by atoms with Crippen LogP contribution in [-0.4, -0.2) is 17.0 Å². The average molecular weight is 220 g/mol. The van der Waals surface area contributed by atoms with Crippen LogP contribution in [0.1, 0.15) is 18.1 Å². The van der Waals surface area contributed by atoms with Gasteiger partial charge in [-0.2, -0.15) is 0 Å². The first kappa shape index (κ1) is 12.0. The zero-order chi connectivity index (χ0) is 12.1. The van der Waals surface area contributed by atoms with Crippen LogP contribution in [0.5, 0.6) is 5.75 Å². The van der Waals surface area contributed by atoms with E-state index in [1.165, 1.54) is 13.0 Å². The van der Waals surface area contributed by atoms with Gasteiger partial charge in [0.15, 0.2) is 0 Å². The van der Waals surface area contributed by atoms with Crippen molar-refractivity contribution in [1.29, 1.82) is 0 Å². The van der Waals surface area contributed by atoms with Crippen molar-refractivity contribution in [3.8, 4) is 5.75 Å². The molecule has 0 saturated carbocycles. The lowest BCUT2D eigenvalue weighted by Gasteiger charge is -2.05. The number of aryl methyl sites for hydroxylation is 1. The molecule has 1 aromatic carbocycles. The topological polar surface area (TPSA) is 63.6 Å². The van der Waals surface area contributed by atoms with Crippen LogP contribution in [0, 0.1) is 6.92 Å². The Kier molecular flexibility index (Phi) is 3.83. The molecule has 0 saturated heterocycles. The number of hydrogen-bond acceptors (Lipinski definition) is 3. The van der Waals surface area contributed by atoms with Gasteiger partial charge in [0.05, 0.1) is 0 Å². The molecule has 84 valence electrons. The highest BCUT2D eigenvalue weighted by atomic mass is 16.5. The summed E-state index contributed by atoms with van der Waals surface area (Å²) in [6.07, 6.45) is 2.53. The first-order valence-corrected chi connectivity index (χ1v) is 4.69. The minimum atomic E-state index is -0.998. The Labute approximate surface area is 93.2 Å². The minimum absolute atomic E-state index is 0.378. The van der Waals surface area contributed by atoms with E-state index < -0.39 is 5.97 Å². The monoisotopic (exact) mass is 220 g/mol. The van der Waals surface area contributed by atoms with Crippen LogP contribution in [-0.2, 0) is 9.59 Å². The van der Waals surface area contributed by atoms with Crippen LogP contribution in [0.25, 0.3) is 6.08 Å². The Morgan fingerprint density at radius 3 is 2.56 bits per heavy atom. The van der Waals surface area contributed by atoms with Crippen molar-refractivity contribution < 1.29 is 19.4 Å².